The molecule has 126 valence electrons. The summed E-state index contributed by atoms with van der Waals surface area (Å²) in [5.74, 6) is 1.54. The van der Waals surface area contributed by atoms with Gasteiger partial charge in [-0.15, -0.1) is 0 Å². The zero-order valence-corrected chi connectivity index (χ0v) is 14.1. The highest BCUT2D eigenvalue weighted by atomic mass is 16.6. The smallest absolute Gasteiger partial charge is 0.306 e. The van der Waals surface area contributed by atoms with E-state index in [1.54, 1.807) is 0 Å². The number of carbonyl (C=O) groups is 3. The maximum atomic E-state index is 12.4. The number of rotatable bonds is 1. The van der Waals surface area contributed by atoms with Crippen LogP contribution < -0.4 is 0 Å². The Labute approximate surface area is 137 Å². The van der Waals surface area contributed by atoms with Crippen LogP contribution in [0.1, 0.15) is 65.2 Å². The van der Waals surface area contributed by atoms with Gasteiger partial charge in [-0.2, -0.15) is 0 Å². The maximum Gasteiger partial charge on any atom is 0.306 e. The van der Waals surface area contributed by atoms with Gasteiger partial charge < -0.3 is 4.74 Å². The standard InChI is InChI=1S/C19H26O4/c1-17-8-6-14-12(13(17)3-4-15(17)21)5-10-19(11-20)18(14,2)9-7-16(22)23-19/h11-14H,3-10H2,1-2H3/t12?,13?,14?,17-,18+,19-/m0/s1. The molecule has 4 heteroatoms. The zero-order chi connectivity index (χ0) is 16.5. The molecule has 4 fully saturated rings. The van der Waals surface area contributed by atoms with E-state index in [4.69, 9.17) is 4.74 Å². The van der Waals surface area contributed by atoms with Gasteiger partial charge in [-0.25, -0.2) is 0 Å². The number of hydrogen-bond donors (Lipinski definition) is 0. The molecule has 0 spiro atoms. The average molecular weight is 318 g/mol. The molecule has 1 aliphatic heterocycles. The Morgan fingerprint density at radius 1 is 1.00 bits per heavy atom. The number of Topliss-reactive ketones (excluding diaryl/α,β-unsaturated/α-hetero) is 1. The van der Waals surface area contributed by atoms with Crippen LogP contribution in [-0.2, 0) is 19.1 Å². The number of aldehydes is 1. The molecule has 3 unspecified atom stereocenters. The molecule has 3 saturated carbocycles. The molecule has 23 heavy (non-hydrogen) atoms. The van der Waals surface area contributed by atoms with E-state index in [2.05, 4.69) is 13.8 Å². The quantitative estimate of drug-likeness (QED) is 0.550. The lowest BCUT2D eigenvalue weighted by atomic mass is 9.45. The second-order valence-electron chi connectivity index (χ2n) is 8.73. The predicted molar refractivity (Wildman–Crippen MR) is 83.5 cm³/mol. The van der Waals surface area contributed by atoms with Crippen LogP contribution in [0, 0.1) is 28.6 Å². The summed E-state index contributed by atoms with van der Waals surface area (Å²) < 4.78 is 5.66. The Bertz CT molecular complexity index is 584. The molecule has 1 saturated heterocycles. The number of ether oxygens (including phenoxy) is 1. The fraction of sp³-hybridized carbons (Fsp3) is 0.842. The molecule has 4 nitrogen and oxygen atoms in total. The Kier molecular flexibility index (Phi) is 3.12. The van der Waals surface area contributed by atoms with Gasteiger partial charge in [0.15, 0.2) is 11.9 Å². The second-order valence-corrected chi connectivity index (χ2v) is 8.73. The third-order valence-corrected chi connectivity index (χ3v) is 8.12. The number of hydrogen-bond acceptors (Lipinski definition) is 4. The van der Waals surface area contributed by atoms with Crippen LogP contribution in [0.5, 0.6) is 0 Å². The molecular weight excluding hydrogens is 292 g/mol. The second kappa shape index (κ2) is 4.67. The molecule has 1 heterocycles. The fourth-order valence-electron chi connectivity index (χ4n) is 6.63. The fourth-order valence-corrected chi connectivity index (χ4v) is 6.63. The van der Waals surface area contributed by atoms with Gasteiger partial charge in [0.2, 0.25) is 0 Å². The lowest BCUT2D eigenvalue weighted by molar-refractivity contribution is -0.222. The van der Waals surface area contributed by atoms with Gasteiger partial charge in [-0.3, -0.25) is 14.4 Å². The largest absolute Gasteiger partial charge is 0.451 e. The van der Waals surface area contributed by atoms with Gasteiger partial charge in [-0.1, -0.05) is 13.8 Å². The average Bonchev–Trinajstić information content (AvgIpc) is 2.84. The number of carbonyl (C=O) groups excluding carboxylic acids is 3. The Hall–Kier alpha value is -1.19. The van der Waals surface area contributed by atoms with Crippen molar-refractivity contribution in [2.45, 2.75) is 70.8 Å². The van der Waals surface area contributed by atoms with E-state index in [-0.39, 0.29) is 16.8 Å². The molecule has 4 rings (SSSR count). The SMILES string of the molecule is C[C@]12CCC3C(CC[C@@]4(C=O)OC(=O)CC[C@]34C)C1CCC2=O. The molecule has 3 aliphatic carbocycles. The van der Waals surface area contributed by atoms with E-state index in [1.807, 2.05) is 0 Å². The summed E-state index contributed by atoms with van der Waals surface area (Å²) in [5, 5.41) is 0. The van der Waals surface area contributed by atoms with Crippen molar-refractivity contribution in [3.05, 3.63) is 0 Å². The monoisotopic (exact) mass is 318 g/mol. The summed E-state index contributed by atoms with van der Waals surface area (Å²) in [7, 11) is 0. The topological polar surface area (TPSA) is 60.4 Å². The van der Waals surface area contributed by atoms with E-state index in [0.717, 1.165) is 44.8 Å². The highest BCUT2D eigenvalue weighted by molar-refractivity contribution is 5.87. The van der Waals surface area contributed by atoms with Gasteiger partial charge >= 0.3 is 5.97 Å². The van der Waals surface area contributed by atoms with Gasteiger partial charge in [0.1, 0.15) is 5.78 Å². The van der Waals surface area contributed by atoms with Crippen LogP contribution in [0.15, 0.2) is 0 Å². The predicted octanol–water partition coefficient (Wildman–Crippen LogP) is 3.07. The number of esters is 1. The van der Waals surface area contributed by atoms with Crippen molar-refractivity contribution in [2.24, 2.45) is 28.6 Å². The van der Waals surface area contributed by atoms with Gasteiger partial charge in [0, 0.05) is 23.7 Å². The minimum absolute atomic E-state index is 0.149. The summed E-state index contributed by atoms with van der Waals surface area (Å²) in [6.45, 7) is 4.32. The Morgan fingerprint density at radius 2 is 1.78 bits per heavy atom. The summed E-state index contributed by atoms with van der Waals surface area (Å²) >= 11 is 0. The van der Waals surface area contributed by atoms with Gasteiger partial charge in [0.05, 0.1) is 0 Å². The normalized spacial score (nSPS) is 52.2. The first-order chi connectivity index (χ1) is 10.9. The van der Waals surface area contributed by atoms with Crippen molar-refractivity contribution in [2.75, 3.05) is 0 Å². The van der Waals surface area contributed by atoms with Gasteiger partial charge in [0.25, 0.3) is 0 Å². The van der Waals surface area contributed by atoms with E-state index >= 15 is 0 Å². The van der Waals surface area contributed by atoms with Gasteiger partial charge in [-0.05, 0) is 56.3 Å². The first-order valence-corrected chi connectivity index (χ1v) is 9.08. The summed E-state index contributed by atoms with van der Waals surface area (Å²) in [4.78, 5) is 36.2. The van der Waals surface area contributed by atoms with Crippen molar-refractivity contribution in [3.8, 4) is 0 Å². The molecular formula is C19H26O4. The Balaban J connectivity index is 1.72. The molecule has 0 N–H and O–H groups in total. The third-order valence-electron chi connectivity index (χ3n) is 8.12. The Morgan fingerprint density at radius 3 is 2.52 bits per heavy atom. The molecule has 0 amide bonds. The van der Waals surface area contributed by atoms with Crippen LogP contribution in [-0.4, -0.2) is 23.6 Å². The molecule has 0 aromatic rings. The van der Waals surface area contributed by atoms with Crippen molar-refractivity contribution >= 4 is 18.0 Å². The van der Waals surface area contributed by atoms with Crippen molar-refractivity contribution in [3.63, 3.8) is 0 Å². The van der Waals surface area contributed by atoms with E-state index in [9.17, 15) is 14.4 Å². The highest BCUT2D eigenvalue weighted by Crippen LogP contribution is 2.65. The van der Waals surface area contributed by atoms with Crippen molar-refractivity contribution < 1.29 is 19.1 Å². The molecule has 0 radical (unpaired) electrons. The van der Waals surface area contributed by atoms with Crippen LogP contribution >= 0.6 is 0 Å². The summed E-state index contributed by atoms with van der Waals surface area (Å²) in [6.07, 6.45) is 7.21. The maximum absolute atomic E-state index is 12.4. The van der Waals surface area contributed by atoms with E-state index in [1.165, 1.54) is 0 Å². The van der Waals surface area contributed by atoms with Crippen molar-refractivity contribution in [1.29, 1.82) is 0 Å². The van der Waals surface area contributed by atoms with Crippen molar-refractivity contribution in [1.82, 2.24) is 0 Å². The van der Waals surface area contributed by atoms with E-state index in [0.29, 0.717) is 36.4 Å². The lowest BCUT2D eigenvalue weighted by Gasteiger charge is -2.61. The molecule has 4 aliphatic rings. The first-order valence-electron chi connectivity index (χ1n) is 9.08. The molecule has 6 atom stereocenters. The minimum atomic E-state index is -0.931. The minimum Gasteiger partial charge on any atom is -0.451 e. The molecule has 0 bridgehead atoms. The molecule has 0 aromatic heterocycles. The lowest BCUT2D eigenvalue weighted by Crippen LogP contribution is -2.64. The number of ketones is 1. The van der Waals surface area contributed by atoms with Crippen LogP contribution in [0.4, 0.5) is 0 Å². The highest BCUT2D eigenvalue weighted by Gasteiger charge is 2.66. The van der Waals surface area contributed by atoms with Crippen LogP contribution in [0.3, 0.4) is 0 Å². The summed E-state index contributed by atoms with van der Waals surface area (Å²) in [6, 6.07) is 0. The first kappa shape index (κ1) is 15.3. The zero-order valence-electron chi connectivity index (χ0n) is 14.1. The molecule has 0 aromatic carbocycles. The van der Waals surface area contributed by atoms with Crippen LogP contribution in [0.25, 0.3) is 0 Å². The van der Waals surface area contributed by atoms with Crippen LogP contribution in [0.2, 0.25) is 0 Å². The summed E-state index contributed by atoms with van der Waals surface area (Å²) in [5.41, 5.74) is -1.34. The number of fused-ring (bicyclic) bond motifs is 5. The van der Waals surface area contributed by atoms with E-state index < -0.39 is 5.60 Å². The third kappa shape index (κ3) is 1.75.